The second-order valence-electron chi connectivity index (χ2n) is 4.19. The molecule has 15 heavy (non-hydrogen) atoms. The Balaban J connectivity index is 1.89. The lowest BCUT2D eigenvalue weighted by Crippen LogP contribution is -2.32. The predicted molar refractivity (Wildman–Crippen MR) is 59.5 cm³/mol. The van der Waals surface area contributed by atoms with Gasteiger partial charge in [0.1, 0.15) is 0 Å². The number of likely N-dealkylation sites (tertiary alicyclic amines) is 1. The number of aromatic amines is 1. The van der Waals surface area contributed by atoms with Crippen molar-refractivity contribution in [3.05, 3.63) is 24.0 Å². The number of carbonyl (C=O) groups is 1. The van der Waals surface area contributed by atoms with Gasteiger partial charge in [-0.1, -0.05) is 12.8 Å². The summed E-state index contributed by atoms with van der Waals surface area (Å²) in [5.74, 6) is 0.275. The number of hydrogen-bond acceptors (Lipinski definition) is 1. The van der Waals surface area contributed by atoms with E-state index in [0.29, 0.717) is 6.42 Å². The van der Waals surface area contributed by atoms with E-state index in [9.17, 15) is 4.79 Å². The zero-order valence-electron chi connectivity index (χ0n) is 9.04. The van der Waals surface area contributed by atoms with Crippen LogP contribution in [0.4, 0.5) is 0 Å². The molecule has 1 aliphatic heterocycles. The summed E-state index contributed by atoms with van der Waals surface area (Å²) in [7, 11) is 0. The zero-order chi connectivity index (χ0) is 10.5. The molecule has 1 fully saturated rings. The van der Waals surface area contributed by atoms with Crippen LogP contribution in [-0.2, 0) is 11.2 Å². The third kappa shape index (κ3) is 2.85. The van der Waals surface area contributed by atoms with Crippen LogP contribution in [-0.4, -0.2) is 28.9 Å². The van der Waals surface area contributed by atoms with Gasteiger partial charge in [0.25, 0.3) is 0 Å². The maximum Gasteiger partial charge on any atom is 0.227 e. The minimum Gasteiger partial charge on any atom is -0.367 e. The molecule has 0 saturated carbocycles. The topological polar surface area (TPSA) is 36.1 Å². The molecule has 1 aromatic rings. The first kappa shape index (κ1) is 10.3. The van der Waals surface area contributed by atoms with E-state index in [4.69, 9.17) is 0 Å². The van der Waals surface area contributed by atoms with E-state index >= 15 is 0 Å². The summed E-state index contributed by atoms with van der Waals surface area (Å²) < 4.78 is 0. The SMILES string of the molecule is O=C(Cc1cc[nH]c1)N1CCCCCC1. The quantitative estimate of drug-likeness (QED) is 0.789. The van der Waals surface area contributed by atoms with Crippen molar-refractivity contribution in [3.8, 4) is 0 Å². The molecule has 0 spiro atoms. The van der Waals surface area contributed by atoms with Gasteiger partial charge in [-0.3, -0.25) is 4.79 Å². The van der Waals surface area contributed by atoms with Crippen LogP contribution in [0.1, 0.15) is 31.2 Å². The number of hydrogen-bond donors (Lipinski definition) is 1. The van der Waals surface area contributed by atoms with Crippen molar-refractivity contribution in [1.82, 2.24) is 9.88 Å². The second-order valence-corrected chi connectivity index (χ2v) is 4.19. The van der Waals surface area contributed by atoms with E-state index < -0.39 is 0 Å². The van der Waals surface area contributed by atoms with Gasteiger partial charge in [0.05, 0.1) is 6.42 Å². The Morgan fingerprint density at radius 1 is 1.27 bits per heavy atom. The van der Waals surface area contributed by atoms with Crippen LogP contribution in [0, 0.1) is 0 Å². The molecule has 1 aromatic heterocycles. The lowest BCUT2D eigenvalue weighted by atomic mass is 10.2. The minimum absolute atomic E-state index is 0.275. The van der Waals surface area contributed by atoms with Crippen LogP contribution < -0.4 is 0 Å². The van der Waals surface area contributed by atoms with Crippen LogP contribution in [0.2, 0.25) is 0 Å². The summed E-state index contributed by atoms with van der Waals surface area (Å²) in [6.45, 7) is 1.90. The minimum atomic E-state index is 0.275. The molecule has 82 valence electrons. The molecule has 0 unspecified atom stereocenters. The first-order valence-corrected chi connectivity index (χ1v) is 5.76. The molecule has 2 heterocycles. The van der Waals surface area contributed by atoms with Crippen molar-refractivity contribution in [1.29, 1.82) is 0 Å². The van der Waals surface area contributed by atoms with Gasteiger partial charge in [0.15, 0.2) is 0 Å². The number of nitrogens with one attached hydrogen (secondary N) is 1. The molecular weight excluding hydrogens is 188 g/mol. The number of nitrogens with zero attached hydrogens (tertiary/aromatic N) is 1. The highest BCUT2D eigenvalue weighted by molar-refractivity contribution is 5.78. The van der Waals surface area contributed by atoms with E-state index in [1.807, 2.05) is 23.4 Å². The fourth-order valence-electron chi connectivity index (χ4n) is 2.07. The molecule has 1 amide bonds. The number of carbonyl (C=O) groups excluding carboxylic acids is 1. The highest BCUT2D eigenvalue weighted by atomic mass is 16.2. The van der Waals surface area contributed by atoms with Crippen molar-refractivity contribution in [2.24, 2.45) is 0 Å². The first-order chi connectivity index (χ1) is 7.36. The monoisotopic (exact) mass is 206 g/mol. The second kappa shape index (κ2) is 5.01. The summed E-state index contributed by atoms with van der Waals surface area (Å²) in [6.07, 6.45) is 9.18. The van der Waals surface area contributed by atoms with E-state index in [0.717, 1.165) is 18.7 Å². The molecule has 3 heteroatoms. The summed E-state index contributed by atoms with van der Waals surface area (Å²) in [5, 5.41) is 0. The average Bonchev–Trinajstić information content (AvgIpc) is 2.58. The Morgan fingerprint density at radius 2 is 2.00 bits per heavy atom. The van der Waals surface area contributed by atoms with Crippen molar-refractivity contribution in [3.63, 3.8) is 0 Å². The Labute approximate surface area is 90.5 Å². The van der Waals surface area contributed by atoms with Gasteiger partial charge in [-0.05, 0) is 24.5 Å². The van der Waals surface area contributed by atoms with Gasteiger partial charge in [0.2, 0.25) is 5.91 Å². The van der Waals surface area contributed by atoms with Crippen molar-refractivity contribution in [2.45, 2.75) is 32.1 Å². The van der Waals surface area contributed by atoms with E-state index in [-0.39, 0.29) is 5.91 Å². The smallest absolute Gasteiger partial charge is 0.227 e. The fraction of sp³-hybridized carbons (Fsp3) is 0.583. The molecule has 0 atom stereocenters. The largest absolute Gasteiger partial charge is 0.367 e. The molecule has 1 saturated heterocycles. The first-order valence-electron chi connectivity index (χ1n) is 5.76. The van der Waals surface area contributed by atoms with Gasteiger partial charge < -0.3 is 9.88 Å². The molecule has 0 radical (unpaired) electrons. The highest BCUT2D eigenvalue weighted by Gasteiger charge is 2.15. The predicted octanol–water partition coefficient (Wildman–Crippen LogP) is 1.96. The van der Waals surface area contributed by atoms with E-state index in [2.05, 4.69) is 4.98 Å². The summed E-state index contributed by atoms with van der Waals surface area (Å²) in [6, 6.07) is 1.97. The third-order valence-corrected chi connectivity index (χ3v) is 2.98. The van der Waals surface area contributed by atoms with Gasteiger partial charge in [0, 0.05) is 25.5 Å². The van der Waals surface area contributed by atoms with Gasteiger partial charge in [-0.2, -0.15) is 0 Å². The Bertz CT molecular complexity index is 297. The molecule has 1 aliphatic rings. The maximum atomic E-state index is 11.9. The lowest BCUT2D eigenvalue weighted by Gasteiger charge is -2.19. The molecular formula is C12H18N2O. The van der Waals surface area contributed by atoms with E-state index in [1.165, 1.54) is 25.7 Å². The van der Waals surface area contributed by atoms with Gasteiger partial charge in [-0.25, -0.2) is 0 Å². The molecule has 2 rings (SSSR count). The normalized spacial score (nSPS) is 17.5. The highest BCUT2D eigenvalue weighted by Crippen LogP contribution is 2.11. The van der Waals surface area contributed by atoms with E-state index in [1.54, 1.807) is 0 Å². The summed E-state index contributed by atoms with van der Waals surface area (Å²) in [5.41, 5.74) is 1.09. The van der Waals surface area contributed by atoms with Gasteiger partial charge >= 0.3 is 0 Å². The molecule has 0 bridgehead atoms. The number of H-pyrrole nitrogens is 1. The molecule has 0 aromatic carbocycles. The van der Waals surface area contributed by atoms with Crippen LogP contribution in [0.5, 0.6) is 0 Å². The summed E-state index contributed by atoms with van der Waals surface area (Å²) >= 11 is 0. The Hall–Kier alpha value is -1.25. The van der Waals surface area contributed by atoms with Gasteiger partial charge in [-0.15, -0.1) is 0 Å². The average molecular weight is 206 g/mol. The number of aromatic nitrogens is 1. The fourth-order valence-corrected chi connectivity index (χ4v) is 2.07. The molecule has 3 nitrogen and oxygen atoms in total. The molecule has 0 aliphatic carbocycles. The van der Waals surface area contributed by atoms with Crippen LogP contribution >= 0.6 is 0 Å². The van der Waals surface area contributed by atoms with Crippen LogP contribution in [0.3, 0.4) is 0 Å². The van der Waals surface area contributed by atoms with Crippen molar-refractivity contribution >= 4 is 5.91 Å². The maximum absolute atomic E-state index is 11.9. The third-order valence-electron chi connectivity index (χ3n) is 2.98. The Morgan fingerprint density at radius 3 is 2.60 bits per heavy atom. The zero-order valence-corrected chi connectivity index (χ0v) is 9.04. The Kier molecular flexibility index (Phi) is 3.43. The van der Waals surface area contributed by atoms with Crippen LogP contribution in [0.25, 0.3) is 0 Å². The summed E-state index contributed by atoms with van der Waals surface area (Å²) in [4.78, 5) is 16.9. The number of rotatable bonds is 2. The standard InChI is InChI=1S/C12H18N2O/c15-12(9-11-5-6-13-10-11)14-7-3-1-2-4-8-14/h5-6,10,13H,1-4,7-9H2. The molecule has 1 N–H and O–H groups in total. The number of amides is 1. The van der Waals surface area contributed by atoms with Crippen LogP contribution in [0.15, 0.2) is 18.5 Å². The van der Waals surface area contributed by atoms with Crippen molar-refractivity contribution in [2.75, 3.05) is 13.1 Å². The van der Waals surface area contributed by atoms with Crippen molar-refractivity contribution < 1.29 is 4.79 Å². The lowest BCUT2D eigenvalue weighted by molar-refractivity contribution is -0.130.